The van der Waals surface area contributed by atoms with Gasteiger partial charge in [-0.2, -0.15) is 0 Å². The van der Waals surface area contributed by atoms with Crippen molar-refractivity contribution in [3.63, 3.8) is 0 Å². The van der Waals surface area contributed by atoms with Gasteiger partial charge in [0.15, 0.2) is 0 Å². The molecule has 0 aromatic heterocycles. The predicted molar refractivity (Wildman–Crippen MR) is 369 cm³/mol. The summed E-state index contributed by atoms with van der Waals surface area (Å²) < 4.78 is 7.63. The molecular formula is C78H58B3N5O. The molecule has 0 atom stereocenters. The molecule has 0 N–H and O–H groups in total. The number of hydrogen-bond donors (Lipinski definition) is 0. The van der Waals surface area contributed by atoms with Crippen LogP contribution in [0.5, 0.6) is 11.5 Å². The maximum atomic E-state index is 7.63. The summed E-state index contributed by atoms with van der Waals surface area (Å²) in [5.41, 5.74) is 36.1. The molecule has 18 rings (SSSR count). The second-order valence-electron chi connectivity index (χ2n) is 24.8. The summed E-state index contributed by atoms with van der Waals surface area (Å²) in [7, 11) is 0. The van der Waals surface area contributed by atoms with Gasteiger partial charge in [0.2, 0.25) is 0 Å². The highest BCUT2D eigenvalue weighted by Gasteiger charge is 2.50. The Hall–Kier alpha value is -10.4. The molecule has 0 bridgehead atoms. The van der Waals surface area contributed by atoms with E-state index in [4.69, 9.17) is 4.74 Å². The van der Waals surface area contributed by atoms with Crippen LogP contribution in [-0.2, 0) is 0 Å². The molecule has 0 fully saturated rings. The minimum absolute atomic E-state index is 0.0850. The van der Waals surface area contributed by atoms with E-state index in [2.05, 4.69) is 309 Å². The van der Waals surface area contributed by atoms with Crippen LogP contribution in [0.2, 0.25) is 0 Å². The number of anilines is 15. The average Bonchev–Trinajstić information content (AvgIpc) is 0.719. The lowest BCUT2D eigenvalue weighted by Crippen LogP contribution is -2.66. The van der Waals surface area contributed by atoms with Gasteiger partial charge in [0, 0.05) is 85.7 Å². The SMILES string of the molecule is Cc1cc(C)c(N2c3cc4c(cc3B3c5ccccc5N(c5ccccc5)c5cc(C)cc2c53)B2c3cc5c(cc3N(c3ccccc3)c3cc(C)cc(c32)O4)N(c2ccccc2)c2cc(C)cc3c2B5c2ccccc2N3c2ccccc2)c(C)c1. The number of aryl methyl sites for hydroxylation is 6. The maximum Gasteiger partial charge on any atom is 0.256 e. The van der Waals surface area contributed by atoms with E-state index in [1.807, 2.05) is 0 Å². The molecule has 0 spiro atoms. The topological polar surface area (TPSA) is 25.4 Å². The van der Waals surface area contributed by atoms with Crippen molar-refractivity contribution in [1.29, 1.82) is 0 Å². The Bertz CT molecular complexity index is 4900. The van der Waals surface area contributed by atoms with Crippen molar-refractivity contribution in [1.82, 2.24) is 0 Å². The number of hydrogen-bond acceptors (Lipinski definition) is 6. The number of ether oxygens (including phenoxy) is 1. The summed E-state index contributed by atoms with van der Waals surface area (Å²) in [6.07, 6.45) is 0. The zero-order chi connectivity index (χ0) is 58.1. The van der Waals surface area contributed by atoms with Crippen molar-refractivity contribution < 1.29 is 4.74 Å². The fourth-order valence-electron chi connectivity index (χ4n) is 16.2. The molecule has 6 nitrogen and oxygen atoms in total. The van der Waals surface area contributed by atoms with Gasteiger partial charge in [-0.25, -0.2) is 0 Å². The van der Waals surface area contributed by atoms with E-state index >= 15 is 0 Å². The van der Waals surface area contributed by atoms with Gasteiger partial charge in [0.1, 0.15) is 11.5 Å². The lowest BCUT2D eigenvalue weighted by molar-refractivity contribution is 0.487. The number of para-hydroxylation sites is 6. The number of rotatable bonds is 5. The largest absolute Gasteiger partial charge is 0.458 e. The monoisotopic (exact) mass is 1110 g/mol. The van der Waals surface area contributed by atoms with Crippen LogP contribution in [0.3, 0.4) is 0 Å². The molecule has 12 aromatic rings. The van der Waals surface area contributed by atoms with Gasteiger partial charge in [-0.15, -0.1) is 0 Å². The summed E-state index contributed by atoms with van der Waals surface area (Å²) >= 11 is 0. The minimum Gasteiger partial charge on any atom is -0.458 e. The van der Waals surface area contributed by atoms with Crippen LogP contribution in [0.15, 0.2) is 243 Å². The molecule has 410 valence electrons. The van der Waals surface area contributed by atoms with Crippen LogP contribution in [0.4, 0.5) is 85.3 Å². The van der Waals surface area contributed by atoms with Crippen LogP contribution < -0.4 is 78.4 Å². The summed E-state index contributed by atoms with van der Waals surface area (Å²) in [4.78, 5) is 12.7. The first kappa shape index (κ1) is 50.0. The first-order valence-electron chi connectivity index (χ1n) is 30.6. The standard InChI is InChI=1S/C78H58B3N5O/c1-47-35-51(5)78(52(6)36-47)86-67-46-73-62(44-61(67)80-58-32-20-22-34-64(58)83(54-25-13-8-14-26-54)69-38-49(3)40-71(86)76(69)80)81-60-43-59-65(45-66(60)85(56-29-17-10-18-30-56)72-41-50(4)42-74(87-73)77(72)81)84(55-27-15-9-16-28-55)70-39-48(2)37-68-75(70)79(59)57-31-19-21-33-63(57)82(68)53-23-11-7-12-24-53/h7-46H,1-6H3. The highest BCUT2D eigenvalue weighted by atomic mass is 16.5. The van der Waals surface area contributed by atoms with E-state index in [1.54, 1.807) is 0 Å². The van der Waals surface area contributed by atoms with E-state index in [-0.39, 0.29) is 20.1 Å². The zero-order valence-corrected chi connectivity index (χ0v) is 49.5. The summed E-state index contributed by atoms with van der Waals surface area (Å²) in [5, 5.41) is 0. The Morgan fingerprint density at radius 1 is 0.241 bits per heavy atom. The van der Waals surface area contributed by atoms with Crippen molar-refractivity contribution in [3.05, 3.63) is 276 Å². The molecule has 0 aliphatic carbocycles. The third-order valence-electron chi connectivity index (χ3n) is 19.3. The third kappa shape index (κ3) is 7.14. The molecule has 9 heteroatoms. The molecule has 6 heterocycles. The fraction of sp³-hybridized carbons (Fsp3) is 0.0769. The van der Waals surface area contributed by atoms with Crippen molar-refractivity contribution >= 4 is 155 Å². The highest BCUT2D eigenvalue weighted by molar-refractivity contribution is 7.04. The van der Waals surface area contributed by atoms with E-state index in [0.717, 1.165) is 56.9 Å². The van der Waals surface area contributed by atoms with Crippen LogP contribution in [-0.4, -0.2) is 20.1 Å². The van der Waals surface area contributed by atoms with Gasteiger partial charge in [0.05, 0.1) is 5.69 Å². The minimum atomic E-state index is -0.205. The molecular weight excluding hydrogens is 1060 g/mol. The predicted octanol–water partition coefficient (Wildman–Crippen LogP) is 14.1. The summed E-state index contributed by atoms with van der Waals surface area (Å²) in [6.45, 7) is 13.1. The second kappa shape index (κ2) is 18.6. The van der Waals surface area contributed by atoms with Crippen molar-refractivity contribution in [3.8, 4) is 11.5 Å². The highest BCUT2D eigenvalue weighted by Crippen LogP contribution is 2.51. The lowest BCUT2D eigenvalue weighted by Gasteiger charge is -2.47. The first-order valence-corrected chi connectivity index (χ1v) is 30.6. The van der Waals surface area contributed by atoms with Gasteiger partial charge in [-0.1, -0.05) is 139 Å². The van der Waals surface area contributed by atoms with E-state index in [0.29, 0.717) is 0 Å². The molecule has 0 amide bonds. The molecule has 6 aliphatic rings. The van der Waals surface area contributed by atoms with Crippen LogP contribution in [0.25, 0.3) is 0 Å². The van der Waals surface area contributed by atoms with Gasteiger partial charge in [-0.05, 0) is 222 Å². The molecule has 0 radical (unpaired) electrons. The van der Waals surface area contributed by atoms with Crippen LogP contribution in [0, 0.1) is 41.5 Å². The molecule has 0 unspecified atom stereocenters. The second-order valence-corrected chi connectivity index (χ2v) is 24.8. The van der Waals surface area contributed by atoms with Gasteiger partial charge in [-0.3, -0.25) is 0 Å². The van der Waals surface area contributed by atoms with E-state index in [1.165, 1.54) is 122 Å². The van der Waals surface area contributed by atoms with Crippen molar-refractivity contribution in [2.45, 2.75) is 41.5 Å². The summed E-state index contributed by atoms with van der Waals surface area (Å²) in [6, 6.07) is 91.4. The Balaban J connectivity index is 0.946. The molecule has 0 saturated heterocycles. The number of benzene rings is 12. The van der Waals surface area contributed by atoms with Gasteiger partial charge >= 0.3 is 0 Å². The van der Waals surface area contributed by atoms with Crippen LogP contribution >= 0.6 is 0 Å². The Morgan fingerprint density at radius 3 is 1.02 bits per heavy atom. The first-order chi connectivity index (χ1) is 42.6. The smallest absolute Gasteiger partial charge is 0.256 e. The average molecular weight is 1110 g/mol. The zero-order valence-electron chi connectivity index (χ0n) is 49.5. The van der Waals surface area contributed by atoms with E-state index in [9.17, 15) is 0 Å². The molecule has 87 heavy (non-hydrogen) atoms. The van der Waals surface area contributed by atoms with Gasteiger partial charge < -0.3 is 29.2 Å². The normalized spacial score (nSPS) is 14.0. The molecule has 0 saturated carbocycles. The van der Waals surface area contributed by atoms with Crippen LogP contribution in [0.1, 0.15) is 33.4 Å². The van der Waals surface area contributed by atoms with Gasteiger partial charge in [0.25, 0.3) is 20.1 Å². The third-order valence-corrected chi connectivity index (χ3v) is 19.3. The lowest BCUT2D eigenvalue weighted by atomic mass is 9.29. The van der Waals surface area contributed by atoms with Crippen molar-refractivity contribution in [2.75, 3.05) is 24.5 Å². The quantitative estimate of drug-likeness (QED) is 0.159. The molecule has 12 aromatic carbocycles. The molecule has 6 aliphatic heterocycles. The van der Waals surface area contributed by atoms with Crippen molar-refractivity contribution in [2.24, 2.45) is 0 Å². The fourth-order valence-corrected chi connectivity index (χ4v) is 16.2. The Kier molecular flexibility index (Phi) is 10.7. The maximum absolute atomic E-state index is 7.63. The number of nitrogens with zero attached hydrogens (tertiary/aromatic N) is 5. The summed E-state index contributed by atoms with van der Waals surface area (Å²) in [5.74, 6) is 1.78. The Morgan fingerprint density at radius 2 is 0.575 bits per heavy atom. The van der Waals surface area contributed by atoms with E-state index < -0.39 is 0 Å². The number of fused-ring (bicyclic) bond motifs is 12. The Labute approximate surface area is 510 Å².